The molecule has 2 heterocycles. The molecular weight excluding hydrogens is 300 g/mol. The van der Waals surface area contributed by atoms with Crippen LogP contribution in [0.2, 0.25) is 0 Å². The SMILES string of the molecule is Cc1ccc(-n2nc(C(=O)NC3CCCNC3)c3c2CCC3)cc1. The topological polar surface area (TPSA) is 59.0 Å². The standard InChI is InChI=1S/C19H24N4O/c1-13-7-9-15(10-8-13)23-17-6-2-5-16(17)18(22-23)19(24)21-14-4-3-11-20-12-14/h7-10,14,20H,2-6,11-12H2,1H3,(H,21,24). The first kappa shape index (κ1) is 15.4. The molecule has 5 heteroatoms. The largest absolute Gasteiger partial charge is 0.347 e. The molecular formula is C19H24N4O. The monoisotopic (exact) mass is 324 g/mol. The van der Waals surface area contributed by atoms with Crippen LogP contribution in [0.1, 0.15) is 46.6 Å². The lowest BCUT2D eigenvalue weighted by molar-refractivity contribution is 0.0924. The zero-order valence-corrected chi connectivity index (χ0v) is 14.1. The molecule has 2 aliphatic rings. The third kappa shape index (κ3) is 2.84. The zero-order valence-electron chi connectivity index (χ0n) is 14.1. The molecule has 1 aromatic carbocycles. The van der Waals surface area contributed by atoms with Gasteiger partial charge in [0.15, 0.2) is 5.69 Å². The number of hydrogen-bond acceptors (Lipinski definition) is 3. The van der Waals surface area contributed by atoms with Gasteiger partial charge in [-0.25, -0.2) is 4.68 Å². The molecule has 1 aliphatic carbocycles. The number of benzene rings is 1. The highest BCUT2D eigenvalue weighted by Crippen LogP contribution is 2.28. The Morgan fingerprint density at radius 2 is 2.08 bits per heavy atom. The van der Waals surface area contributed by atoms with Crippen molar-refractivity contribution < 1.29 is 4.79 Å². The lowest BCUT2D eigenvalue weighted by atomic mass is 10.1. The van der Waals surface area contributed by atoms with E-state index in [1.807, 2.05) is 4.68 Å². The highest BCUT2D eigenvalue weighted by Gasteiger charge is 2.28. The number of fused-ring (bicyclic) bond motifs is 1. The molecule has 1 aliphatic heterocycles. The van der Waals surface area contributed by atoms with Gasteiger partial charge in [-0.3, -0.25) is 4.79 Å². The van der Waals surface area contributed by atoms with E-state index in [1.165, 1.54) is 11.3 Å². The first-order valence-corrected chi connectivity index (χ1v) is 8.92. The van der Waals surface area contributed by atoms with Crippen LogP contribution in [0.4, 0.5) is 0 Å². The summed E-state index contributed by atoms with van der Waals surface area (Å²) in [5, 5.41) is 11.2. The fourth-order valence-electron chi connectivity index (χ4n) is 3.75. The van der Waals surface area contributed by atoms with E-state index in [1.54, 1.807) is 0 Å². The van der Waals surface area contributed by atoms with Crippen molar-refractivity contribution in [1.29, 1.82) is 0 Å². The summed E-state index contributed by atoms with van der Waals surface area (Å²) in [7, 11) is 0. The minimum atomic E-state index is -0.0206. The van der Waals surface area contributed by atoms with Crippen molar-refractivity contribution in [3.8, 4) is 5.69 Å². The quantitative estimate of drug-likeness (QED) is 0.909. The smallest absolute Gasteiger partial charge is 0.272 e. The summed E-state index contributed by atoms with van der Waals surface area (Å²) in [6, 6.07) is 8.55. The van der Waals surface area contributed by atoms with Gasteiger partial charge in [0.1, 0.15) is 0 Å². The van der Waals surface area contributed by atoms with E-state index in [0.29, 0.717) is 5.69 Å². The normalized spacial score (nSPS) is 20.0. The maximum absolute atomic E-state index is 12.8. The van der Waals surface area contributed by atoms with Crippen molar-refractivity contribution in [2.24, 2.45) is 0 Å². The molecule has 0 saturated carbocycles. The fraction of sp³-hybridized carbons (Fsp3) is 0.474. The van der Waals surface area contributed by atoms with E-state index in [-0.39, 0.29) is 11.9 Å². The summed E-state index contributed by atoms with van der Waals surface area (Å²) >= 11 is 0. The van der Waals surface area contributed by atoms with E-state index in [4.69, 9.17) is 0 Å². The lowest BCUT2D eigenvalue weighted by Gasteiger charge is -2.23. The van der Waals surface area contributed by atoms with E-state index < -0.39 is 0 Å². The highest BCUT2D eigenvalue weighted by molar-refractivity contribution is 5.94. The summed E-state index contributed by atoms with van der Waals surface area (Å²) in [5.74, 6) is -0.0206. The van der Waals surface area contributed by atoms with Crippen molar-refractivity contribution in [1.82, 2.24) is 20.4 Å². The predicted octanol–water partition coefficient (Wildman–Crippen LogP) is 2.15. The Balaban J connectivity index is 1.63. The number of rotatable bonds is 3. The Hall–Kier alpha value is -2.14. The Morgan fingerprint density at radius 1 is 1.25 bits per heavy atom. The minimum Gasteiger partial charge on any atom is -0.347 e. The molecule has 1 saturated heterocycles. The molecule has 1 fully saturated rings. The number of piperidine rings is 1. The molecule has 0 radical (unpaired) electrons. The van der Waals surface area contributed by atoms with Crippen LogP contribution in [0.25, 0.3) is 5.69 Å². The number of carbonyl (C=O) groups excluding carboxylic acids is 1. The molecule has 1 atom stereocenters. The molecule has 0 spiro atoms. The molecule has 0 bridgehead atoms. The van der Waals surface area contributed by atoms with Crippen molar-refractivity contribution in [2.75, 3.05) is 13.1 Å². The second kappa shape index (κ2) is 6.40. The predicted molar refractivity (Wildman–Crippen MR) is 93.7 cm³/mol. The number of aromatic nitrogens is 2. The molecule has 24 heavy (non-hydrogen) atoms. The average molecular weight is 324 g/mol. The highest BCUT2D eigenvalue weighted by atomic mass is 16.2. The van der Waals surface area contributed by atoms with Crippen LogP contribution in [0.3, 0.4) is 0 Å². The zero-order chi connectivity index (χ0) is 16.5. The maximum Gasteiger partial charge on any atom is 0.272 e. The van der Waals surface area contributed by atoms with Crippen LogP contribution in [0.15, 0.2) is 24.3 Å². The number of aryl methyl sites for hydroxylation is 1. The second-order valence-corrected chi connectivity index (χ2v) is 6.89. The van der Waals surface area contributed by atoms with Crippen molar-refractivity contribution >= 4 is 5.91 Å². The van der Waals surface area contributed by atoms with E-state index in [0.717, 1.165) is 56.4 Å². The van der Waals surface area contributed by atoms with Gasteiger partial charge in [-0.15, -0.1) is 0 Å². The summed E-state index contributed by atoms with van der Waals surface area (Å²) in [4.78, 5) is 12.8. The number of carbonyl (C=O) groups is 1. The summed E-state index contributed by atoms with van der Waals surface area (Å²) < 4.78 is 1.97. The second-order valence-electron chi connectivity index (χ2n) is 6.89. The lowest BCUT2D eigenvalue weighted by Crippen LogP contribution is -2.45. The molecule has 5 nitrogen and oxygen atoms in total. The maximum atomic E-state index is 12.8. The van der Waals surface area contributed by atoms with E-state index in [9.17, 15) is 4.79 Å². The Labute approximate surface area is 142 Å². The molecule has 4 rings (SSSR count). The Kier molecular flexibility index (Phi) is 4.10. The summed E-state index contributed by atoms with van der Waals surface area (Å²) in [6.45, 7) is 3.98. The molecule has 1 unspecified atom stereocenters. The van der Waals surface area contributed by atoms with Crippen LogP contribution in [0, 0.1) is 6.92 Å². The van der Waals surface area contributed by atoms with Gasteiger partial charge in [0.25, 0.3) is 5.91 Å². The third-order valence-corrected chi connectivity index (χ3v) is 5.06. The summed E-state index contributed by atoms with van der Waals surface area (Å²) in [5.41, 5.74) is 5.22. The van der Waals surface area contributed by atoms with Crippen LogP contribution in [-0.4, -0.2) is 34.8 Å². The van der Waals surface area contributed by atoms with Gasteiger partial charge in [-0.1, -0.05) is 17.7 Å². The fourth-order valence-corrected chi connectivity index (χ4v) is 3.75. The van der Waals surface area contributed by atoms with Crippen LogP contribution in [-0.2, 0) is 12.8 Å². The van der Waals surface area contributed by atoms with Gasteiger partial charge >= 0.3 is 0 Å². The Morgan fingerprint density at radius 3 is 2.83 bits per heavy atom. The van der Waals surface area contributed by atoms with Crippen molar-refractivity contribution in [2.45, 2.75) is 45.1 Å². The van der Waals surface area contributed by atoms with Gasteiger partial charge in [0.2, 0.25) is 0 Å². The van der Waals surface area contributed by atoms with Crippen LogP contribution < -0.4 is 10.6 Å². The molecule has 1 aromatic heterocycles. The molecule has 1 amide bonds. The molecule has 126 valence electrons. The van der Waals surface area contributed by atoms with Crippen LogP contribution >= 0.6 is 0 Å². The Bertz CT molecular complexity index is 741. The van der Waals surface area contributed by atoms with Gasteiger partial charge in [-0.2, -0.15) is 5.10 Å². The van der Waals surface area contributed by atoms with Gasteiger partial charge in [0.05, 0.1) is 5.69 Å². The molecule has 2 aromatic rings. The van der Waals surface area contributed by atoms with Gasteiger partial charge in [-0.05, 0) is 57.7 Å². The third-order valence-electron chi connectivity index (χ3n) is 5.06. The minimum absolute atomic E-state index is 0.0206. The van der Waals surface area contributed by atoms with Gasteiger partial charge in [0, 0.05) is 23.8 Å². The summed E-state index contributed by atoms with van der Waals surface area (Å²) in [6.07, 6.45) is 5.20. The molecule has 2 N–H and O–H groups in total. The van der Waals surface area contributed by atoms with E-state index >= 15 is 0 Å². The van der Waals surface area contributed by atoms with Crippen molar-refractivity contribution in [3.63, 3.8) is 0 Å². The first-order chi connectivity index (χ1) is 11.7. The van der Waals surface area contributed by atoms with Gasteiger partial charge < -0.3 is 10.6 Å². The number of nitrogens with one attached hydrogen (secondary N) is 2. The van der Waals surface area contributed by atoms with E-state index in [2.05, 4.69) is 46.9 Å². The number of nitrogens with zero attached hydrogens (tertiary/aromatic N) is 2. The number of hydrogen-bond donors (Lipinski definition) is 2. The first-order valence-electron chi connectivity index (χ1n) is 8.92. The number of amides is 1. The van der Waals surface area contributed by atoms with Crippen molar-refractivity contribution in [3.05, 3.63) is 46.8 Å². The van der Waals surface area contributed by atoms with Crippen LogP contribution in [0.5, 0.6) is 0 Å². The average Bonchev–Trinajstić information content (AvgIpc) is 3.19.